The van der Waals surface area contributed by atoms with Crippen LogP contribution >= 0.6 is 0 Å². The molecular weight excluding hydrogens is 248 g/mol. The van der Waals surface area contributed by atoms with E-state index in [1.165, 1.54) is 16.7 Å². The van der Waals surface area contributed by atoms with Gasteiger partial charge in [-0.25, -0.2) is 0 Å². The molecule has 0 amide bonds. The molecule has 0 saturated carbocycles. The highest BCUT2D eigenvalue weighted by Crippen LogP contribution is 2.36. The zero-order valence-electron chi connectivity index (χ0n) is 11.8. The first-order valence-corrected chi connectivity index (χ1v) is 7.28. The van der Waals surface area contributed by atoms with E-state index in [0.717, 1.165) is 30.6 Å². The number of aliphatic hydroxyl groups excluding tert-OH is 1. The Hall–Kier alpha value is -1.80. The van der Waals surface area contributed by atoms with Gasteiger partial charge in [0.05, 0.1) is 6.10 Å². The minimum Gasteiger partial charge on any atom is -0.489 e. The Morgan fingerprint density at radius 2 is 1.85 bits per heavy atom. The number of aliphatic hydroxyl groups is 1. The molecular formula is C18H20O2. The molecule has 0 bridgehead atoms. The van der Waals surface area contributed by atoms with Crippen LogP contribution in [0.2, 0.25) is 0 Å². The Kier molecular flexibility index (Phi) is 3.75. The van der Waals surface area contributed by atoms with Crippen molar-refractivity contribution in [3.8, 4) is 5.75 Å². The van der Waals surface area contributed by atoms with E-state index >= 15 is 0 Å². The average Bonchev–Trinajstić information content (AvgIpc) is 2.88. The summed E-state index contributed by atoms with van der Waals surface area (Å²) in [6.45, 7) is 2.74. The van der Waals surface area contributed by atoms with Crippen molar-refractivity contribution in [2.45, 2.75) is 38.9 Å². The van der Waals surface area contributed by atoms with Gasteiger partial charge in [0, 0.05) is 5.56 Å². The molecule has 1 atom stereocenters. The van der Waals surface area contributed by atoms with Crippen LogP contribution in [-0.4, -0.2) is 5.11 Å². The maximum atomic E-state index is 9.89. The molecule has 3 rings (SSSR count). The zero-order chi connectivity index (χ0) is 13.9. The first kappa shape index (κ1) is 13.2. The van der Waals surface area contributed by atoms with Crippen LogP contribution in [0.5, 0.6) is 5.75 Å². The number of ether oxygens (including phenoxy) is 1. The lowest BCUT2D eigenvalue weighted by molar-refractivity contribution is 0.180. The Morgan fingerprint density at radius 1 is 1.10 bits per heavy atom. The maximum absolute atomic E-state index is 9.89. The third-order valence-electron chi connectivity index (χ3n) is 4.02. The number of rotatable bonds is 4. The van der Waals surface area contributed by atoms with E-state index in [1.54, 1.807) is 0 Å². The van der Waals surface area contributed by atoms with E-state index in [0.29, 0.717) is 6.61 Å². The van der Waals surface area contributed by atoms with E-state index in [1.807, 2.05) is 18.2 Å². The van der Waals surface area contributed by atoms with Crippen LogP contribution < -0.4 is 4.74 Å². The molecule has 0 aliphatic heterocycles. The number of aryl methyl sites for hydroxylation is 1. The summed E-state index contributed by atoms with van der Waals surface area (Å²) in [4.78, 5) is 0. The monoisotopic (exact) mass is 268 g/mol. The molecule has 1 aliphatic carbocycles. The van der Waals surface area contributed by atoms with Crippen LogP contribution in [0, 0.1) is 0 Å². The Balaban J connectivity index is 1.72. The second-order valence-electron chi connectivity index (χ2n) is 5.34. The molecule has 104 valence electrons. The van der Waals surface area contributed by atoms with E-state index in [2.05, 4.69) is 31.2 Å². The summed E-state index contributed by atoms with van der Waals surface area (Å²) in [6, 6.07) is 14.5. The highest BCUT2D eigenvalue weighted by Gasteiger charge is 2.23. The van der Waals surface area contributed by atoms with Gasteiger partial charge >= 0.3 is 0 Å². The molecule has 2 nitrogen and oxygen atoms in total. The summed E-state index contributed by atoms with van der Waals surface area (Å²) < 4.78 is 5.95. The molecule has 20 heavy (non-hydrogen) atoms. The molecule has 0 spiro atoms. The van der Waals surface area contributed by atoms with Gasteiger partial charge in [-0.05, 0) is 42.0 Å². The number of fused-ring (bicyclic) bond motifs is 1. The predicted octanol–water partition coefficient (Wildman–Crippen LogP) is 3.81. The topological polar surface area (TPSA) is 29.5 Å². The summed E-state index contributed by atoms with van der Waals surface area (Å²) >= 11 is 0. The Labute approximate surface area is 120 Å². The standard InChI is InChI=1S/C18H20O2/c1-2-13-6-8-14(9-7-13)12-20-18-5-3-4-15-16(18)10-11-17(15)19/h3-9,17,19H,2,10-12H2,1H3. The van der Waals surface area contributed by atoms with Gasteiger partial charge in [0.25, 0.3) is 0 Å². The zero-order valence-corrected chi connectivity index (χ0v) is 11.8. The van der Waals surface area contributed by atoms with Gasteiger partial charge in [-0.15, -0.1) is 0 Å². The molecule has 1 N–H and O–H groups in total. The fourth-order valence-electron chi connectivity index (χ4n) is 2.77. The Morgan fingerprint density at radius 3 is 2.60 bits per heavy atom. The van der Waals surface area contributed by atoms with Crippen LogP contribution in [0.4, 0.5) is 0 Å². The van der Waals surface area contributed by atoms with Gasteiger partial charge in [0.1, 0.15) is 12.4 Å². The molecule has 0 fully saturated rings. The van der Waals surface area contributed by atoms with E-state index in [9.17, 15) is 5.11 Å². The molecule has 2 aromatic carbocycles. The van der Waals surface area contributed by atoms with Crippen molar-refractivity contribution in [2.24, 2.45) is 0 Å². The SMILES string of the molecule is CCc1ccc(COc2cccc3c2CCC3O)cc1. The fraction of sp³-hybridized carbons (Fsp3) is 0.333. The van der Waals surface area contributed by atoms with Crippen molar-refractivity contribution >= 4 is 0 Å². The molecule has 0 aromatic heterocycles. The summed E-state index contributed by atoms with van der Waals surface area (Å²) in [5.74, 6) is 0.915. The second-order valence-corrected chi connectivity index (χ2v) is 5.34. The smallest absolute Gasteiger partial charge is 0.123 e. The van der Waals surface area contributed by atoms with Crippen LogP contribution in [0.1, 0.15) is 41.7 Å². The highest BCUT2D eigenvalue weighted by atomic mass is 16.5. The van der Waals surface area contributed by atoms with Crippen molar-refractivity contribution in [1.82, 2.24) is 0 Å². The lowest BCUT2D eigenvalue weighted by Gasteiger charge is -2.11. The van der Waals surface area contributed by atoms with Gasteiger partial charge in [-0.3, -0.25) is 0 Å². The minimum absolute atomic E-state index is 0.322. The molecule has 1 aliphatic rings. The predicted molar refractivity (Wildman–Crippen MR) is 79.9 cm³/mol. The van der Waals surface area contributed by atoms with E-state index in [-0.39, 0.29) is 6.10 Å². The molecule has 0 heterocycles. The van der Waals surface area contributed by atoms with Crippen LogP contribution in [0.25, 0.3) is 0 Å². The summed E-state index contributed by atoms with van der Waals surface area (Å²) in [6.07, 6.45) is 2.45. The largest absolute Gasteiger partial charge is 0.489 e. The lowest BCUT2D eigenvalue weighted by Crippen LogP contribution is -1.99. The number of hydrogen-bond donors (Lipinski definition) is 1. The fourth-order valence-corrected chi connectivity index (χ4v) is 2.77. The normalized spacial score (nSPS) is 17.0. The van der Waals surface area contributed by atoms with Crippen molar-refractivity contribution in [3.63, 3.8) is 0 Å². The van der Waals surface area contributed by atoms with Crippen molar-refractivity contribution in [2.75, 3.05) is 0 Å². The highest BCUT2D eigenvalue weighted by molar-refractivity contribution is 5.44. The van der Waals surface area contributed by atoms with E-state index in [4.69, 9.17) is 4.74 Å². The maximum Gasteiger partial charge on any atom is 0.123 e. The van der Waals surface area contributed by atoms with Crippen LogP contribution in [-0.2, 0) is 19.4 Å². The molecule has 0 radical (unpaired) electrons. The van der Waals surface area contributed by atoms with Gasteiger partial charge in [0.2, 0.25) is 0 Å². The van der Waals surface area contributed by atoms with E-state index < -0.39 is 0 Å². The average molecular weight is 268 g/mol. The lowest BCUT2D eigenvalue weighted by atomic mass is 10.1. The van der Waals surface area contributed by atoms with Crippen molar-refractivity contribution in [3.05, 3.63) is 64.7 Å². The molecule has 0 saturated heterocycles. The van der Waals surface area contributed by atoms with Crippen LogP contribution in [0.15, 0.2) is 42.5 Å². The second kappa shape index (κ2) is 5.68. The molecule has 1 unspecified atom stereocenters. The van der Waals surface area contributed by atoms with Gasteiger partial charge < -0.3 is 9.84 Å². The van der Waals surface area contributed by atoms with Gasteiger partial charge in [0.15, 0.2) is 0 Å². The first-order chi connectivity index (χ1) is 9.78. The number of hydrogen-bond acceptors (Lipinski definition) is 2. The van der Waals surface area contributed by atoms with Crippen molar-refractivity contribution in [1.29, 1.82) is 0 Å². The van der Waals surface area contributed by atoms with Crippen LogP contribution in [0.3, 0.4) is 0 Å². The Bertz CT molecular complexity index is 587. The minimum atomic E-state index is -0.322. The van der Waals surface area contributed by atoms with Crippen molar-refractivity contribution < 1.29 is 9.84 Å². The third kappa shape index (κ3) is 2.56. The quantitative estimate of drug-likeness (QED) is 0.913. The first-order valence-electron chi connectivity index (χ1n) is 7.28. The number of benzene rings is 2. The molecule has 2 aromatic rings. The summed E-state index contributed by atoms with van der Waals surface area (Å²) in [5.41, 5.74) is 4.73. The summed E-state index contributed by atoms with van der Waals surface area (Å²) in [7, 11) is 0. The van der Waals surface area contributed by atoms with Gasteiger partial charge in [-0.1, -0.05) is 43.3 Å². The van der Waals surface area contributed by atoms with Gasteiger partial charge in [-0.2, -0.15) is 0 Å². The summed E-state index contributed by atoms with van der Waals surface area (Å²) in [5, 5.41) is 9.89. The third-order valence-corrected chi connectivity index (χ3v) is 4.02. The molecule has 2 heteroatoms.